The molecule has 0 aliphatic carbocycles. The summed E-state index contributed by atoms with van der Waals surface area (Å²) < 4.78 is 26.9. The summed E-state index contributed by atoms with van der Waals surface area (Å²) in [4.78, 5) is 11.6. The van der Waals surface area contributed by atoms with E-state index in [9.17, 15) is 8.78 Å². The molecule has 0 fully saturated rings. The summed E-state index contributed by atoms with van der Waals surface area (Å²) in [5.74, 6) is -1.09. The van der Waals surface area contributed by atoms with E-state index in [1.165, 1.54) is 6.07 Å². The fraction of sp³-hybridized carbons (Fsp3) is 0.0526. The number of pyridine rings is 2. The number of rotatable bonds is 4. The molecule has 4 rings (SSSR count). The van der Waals surface area contributed by atoms with Crippen LogP contribution in [0.4, 0.5) is 14.6 Å². The molecule has 0 bridgehead atoms. The van der Waals surface area contributed by atoms with E-state index in [-0.39, 0.29) is 0 Å². The molecule has 6 heteroatoms. The second-order valence-corrected chi connectivity index (χ2v) is 5.63. The molecule has 0 aliphatic rings. The third-order valence-corrected chi connectivity index (χ3v) is 3.98. The zero-order chi connectivity index (χ0) is 17.2. The first-order valence-corrected chi connectivity index (χ1v) is 7.77. The highest BCUT2D eigenvalue weighted by atomic mass is 19.2. The normalized spacial score (nSPS) is 11.0. The van der Waals surface area contributed by atoms with E-state index < -0.39 is 11.6 Å². The van der Waals surface area contributed by atoms with Crippen LogP contribution < -0.4 is 5.32 Å². The predicted molar refractivity (Wildman–Crippen MR) is 93.0 cm³/mol. The number of halogens is 2. The molecule has 0 radical (unpaired) electrons. The second kappa shape index (κ2) is 6.32. The molecule has 1 aromatic carbocycles. The predicted octanol–water partition coefficient (Wildman–Crippen LogP) is 4.52. The van der Waals surface area contributed by atoms with E-state index >= 15 is 0 Å². The molecule has 25 heavy (non-hydrogen) atoms. The van der Waals surface area contributed by atoms with Crippen LogP contribution in [0.15, 0.2) is 61.1 Å². The summed E-state index contributed by atoms with van der Waals surface area (Å²) in [6.07, 6.45) is 5.23. The monoisotopic (exact) mass is 336 g/mol. The molecular formula is C19H14F2N4. The van der Waals surface area contributed by atoms with E-state index in [0.29, 0.717) is 23.6 Å². The van der Waals surface area contributed by atoms with Crippen molar-refractivity contribution in [2.75, 3.05) is 5.32 Å². The number of aromatic amines is 1. The van der Waals surface area contributed by atoms with Crippen LogP contribution in [0.3, 0.4) is 0 Å². The Morgan fingerprint density at radius 3 is 2.60 bits per heavy atom. The number of nitrogens with zero attached hydrogens (tertiary/aromatic N) is 2. The second-order valence-electron chi connectivity index (χ2n) is 5.63. The van der Waals surface area contributed by atoms with Crippen LogP contribution in [-0.4, -0.2) is 15.0 Å². The van der Waals surface area contributed by atoms with Crippen molar-refractivity contribution in [1.29, 1.82) is 0 Å². The number of hydrogen-bond acceptors (Lipinski definition) is 3. The molecule has 0 atom stereocenters. The first kappa shape index (κ1) is 15.3. The van der Waals surface area contributed by atoms with Gasteiger partial charge in [0.1, 0.15) is 11.5 Å². The van der Waals surface area contributed by atoms with Crippen LogP contribution in [-0.2, 0) is 6.54 Å². The van der Waals surface area contributed by atoms with Gasteiger partial charge in [-0.3, -0.25) is 4.98 Å². The van der Waals surface area contributed by atoms with Gasteiger partial charge in [0.05, 0.1) is 0 Å². The maximum absolute atomic E-state index is 13.6. The zero-order valence-corrected chi connectivity index (χ0v) is 13.1. The molecule has 0 unspecified atom stereocenters. The third-order valence-electron chi connectivity index (χ3n) is 3.98. The molecular weight excluding hydrogens is 322 g/mol. The Morgan fingerprint density at radius 1 is 0.960 bits per heavy atom. The van der Waals surface area contributed by atoms with Crippen molar-refractivity contribution < 1.29 is 8.78 Å². The highest BCUT2D eigenvalue weighted by Gasteiger charge is 2.11. The minimum Gasteiger partial charge on any atom is -0.366 e. The minimum absolute atomic E-state index is 0.582. The van der Waals surface area contributed by atoms with Gasteiger partial charge in [-0.1, -0.05) is 6.07 Å². The van der Waals surface area contributed by atoms with Gasteiger partial charge in [0.2, 0.25) is 0 Å². The molecule has 0 aliphatic heterocycles. The lowest BCUT2D eigenvalue weighted by molar-refractivity contribution is 0.509. The van der Waals surface area contributed by atoms with E-state index in [2.05, 4.69) is 20.3 Å². The van der Waals surface area contributed by atoms with Crippen LogP contribution in [0.1, 0.15) is 5.56 Å². The van der Waals surface area contributed by atoms with Gasteiger partial charge in [0, 0.05) is 30.5 Å². The molecule has 4 aromatic rings. The van der Waals surface area contributed by atoms with Crippen molar-refractivity contribution in [1.82, 2.24) is 15.0 Å². The SMILES string of the molecule is Fc1ccc(-c2cc(NCc3ccncc3)nc3[nH]ccc23)cc1F. The van der Waals surface area contributed by atoms with Gasteiger partial charge < -0.3 is 10.3 Å². The van der Waals surface area contributed by atoms with Crippen LogP contribution in [0.5, 0.6) is 0 Å². The molecule has 4 nitrogen and oxygen atoms in total. The number of hydrogen-bond donors (Lipinski definition) is 2. The number of anilines is 1. The highest BCUT2D eigenvalue weighted by Crippen LogP contribution is 2.30. The van der Waals surface area contributed by atoms with E-state index in [4.69, 9.17) is 0 Å². The molecule has 0 amide bonds. The Balaban J connectivity index is 1.73. The smallest absolute Gasteiger partial charge is 0.159 e. The maximum Gasteiger partial charge on any atom is 0.159 e. The van der Waals surface area contributed by atoms with Gasteiger partial charge in [-0.25, -0.2) is 13.8 Å². The average molecular weight is 336 g/mol. The van der Waals surface area contributed by atoms with Crippen molar-refractivity contribution >= 4 is 16.9 Å². The Morgan fingerprint density at radius 2 is 1.80 bits per heavy atom. The van der Waals surface area contributed by atoms with E-state index in [0.717, 1.165) is 22.6 Å². The van der Waals surface area contributed by atoms with Gasteiger partial charge in [-0.05, 0) is 53.1 Å². The van der Waals surface area contributed by atoms with Crippen LogP contribution in [0, 0.1) is 11.6 Å². The summed E-state index contributed by atoms with van der Waals surface area (Å²) in [7, 11) is 0. The third kappa shape index (κ3) is 3.06. The standard InChI is InChI=1S/C19H14F2N4/c20-16-2-1-13(9-17(16)21)15-10-18(25-19-14(15)5-8-23-19)24-11-12-3-6-22-7-4-12/h1-10H,11H2,(H2,23,24,25). The summed E-state index contributed by atoms with van der Waals surface area (Å²) in [5, 5.41) is 4.10. The fourth-order valence-electron chi connectivity index (χ4n) is 2.72. The topological polar surface area (TPSA) is 53.6 Å². The van der Waals surface area contributed by atoms with Gasteiger partial charge in [-0.15, -0.1) is 0 Å². The molecule has 124 valence electrons. The zero-order valence-electron chi connectivity index (χ0n) is 13.1. The average Bonchev–Trinajstić information content (AvgIpc) is 3.11. The quantitative estimate of drug-likeness (QED) is 0.576. The fourth-order valence-corrected chi connectivity index (χ4v) is 2.72. The molecule has 3 heterocycles. The van der Waals surface area contributed by atoms with Crippen LogP contribution in [0.25, 0.3) is 22.2 Å². The lowest BCUT2D eigenvalue weighted by Crippen LogP contribution is -2.02. The van der Waals surface area contributed by atoms with Gasteiger partial charge in [0.25, 0.3) is 0 Å². The number of nitrogens with one attached hydrogen (secondary N) is 2. The van der Waals surface area contributed by atoms with Crippen molar-refractivity contribution in [3.8, 4) is 11.1 Å². The first-order valence-electron chi connectivity index (χ1n) is 7.77. The van der Waals surface area contributed by atoms with Gasteiger partial charge in [-0.2, -0.15) is 0 Å². The Bertz CT molecular complexity index is 1030. The lowest BCUT2D eigenvalue weighted by atomic mass is 10.0. The van der Waals surface area contributed by atoms with Crippen molar-refractivity contribution in [2.45, 2.75) is 6.54 Å². The van der Waals surface area contributed by atoms with Crippen molar-refractivity contribution in [3.63, 3.8) is 0 Å². The molecule has 3 aromatic heterocycles. The number of benzene rings is 1. The van der Waals surface area contributed by atoms with Gasteiger partial charge in [0.15, 0.2) is 11.6 Å². The number of aromatic nitrogens is 3. The first-order chi connectivity index (χ1) is 12.2. The summed E-state index contributed by atoms with van der Waals surface area (Å²) in [5.41, 5.74) is 3.12. The van der Waals surface area contributed by atoms with Crippen LogP contribution >= 0.6 is 0 Å². The Labute approximate surface area is 142 Å². The largest absolute Gasteiger partial charge is 0.366 e. The summed E-state index contributed by atoms with van der Waals surface area (Å²) >= 11 is 0. The molecule has 0 spiro atoms. The highest BCUT2D eigenvalue weighted by molar-refractivity contribution is 5.94. The molecule has 0 saturated carbocycles. The van der Waals surface area contributed by atoms with E-state index in [1.807, 2.05) is 24.3 Å². The Kier molecular flexibility index (Phi) is 3.85. The number of fused-ring (bicyclic) bond motifs is 1. The lowest BCUT2D eigenvalue weighted by Gasteiger charge is -2.10. The molecule has 0 saturated heterocycles. The van der Waals surface area contributed by atoms with Gasteiger partial charge >= 0.3 is 0 Å². The minimum atomic E-state index is -0.871. The maximum atomic E-state index is 13.6. The van der Waals surface area contributed by atoms with Crippen LogP contribution in [0.2, 0.25) is 0 Å². The van der Waals surface area contributed by atoms with Crippen molar-refractivity contribution in [3.05, 3.63) is 78.3 Å². The Hall–Kier alpha value is -3.28. The van der Waals surface area contributed by atoms with Crippen molar-refractivity contribution in [2.24, 2.45) is 0 Å². The number of H-pyrrole nitrogens is 1. The summed E-state index contributed by atoms with van der Waals surface area (Å²) in [6, 6.07) is 11.4. The molecule has 2 N–H and O–H groups in total. The summed E-state index contributed by atoms with van der Waals surface area (Å²) in [6.45, 7) is 0.582. The van der Waals surface area contributed by atoms with E-state index in [1.54, 1.807) is 24.7 Å².